The van der Waals surface area contributed by atoms with E-state index in [0.717, 1.165) is 28.3 Å². The van der Waals surface area contributed by atoms with E-state index in [9.17, 15) is 9.18 Å². The van der Waals surface area contributed by atoms with Crippen LogP contribution in [0.5, 0.6) is 0 Å². The van der Waals surface area contributed by atoms with Crippen LogP contribution >= 0.6 is 11.3 Å². The molecule has 3 heterocycles. The zero-order chi connectivity index (χ0) is 19.7. The first-order valence-electron chi connectivity index (χ1n) is 8.57. The van der Waals surface area contributed by atoms with Gasteiger partial charge >= 0.3 is 0 Å². The van der Waals surface area contributed by atoms with E-state index >= 15 is 0 Å². The van der Waals surface area contributed by atoms with E-state index in [-0.39, 0.29) is 18.1 Å². The Hall–Kier alpha value is -3.27. The highest BCUT2D eigenvalue weighted by atomic mass is 32.1. The number of carbonyl (C=O) groups is 1. The Morgan fingerprint density at radius 2 is 2.07 bits per heavy atom. The largest absolute Gasteiger partial charge is 0.301 e. The summed E-state index contributed by atoms with van der Waals surface area (Å²) in [5, 5.41) is 15.5. The summed E-state index contributed by atoms with van der Waals surface area (Å²) in [6.45, 7) is 3.81. The van der Waals surface area contributed by atoms with E-state index in [1.165, 1.54) is 12.4 Å². The molecule has 1 amide bonds. The molecule has 142 valence electrons. The summed E-state index contributed by atoms with van der Waals surface area (Å²) in [5.41, 5.74) is 3.05. The topological polar surface area (TPSA) is 98.0 Å². The minimum atomic E-state index is -0.376. The summed E-state index contributed by atoms with van der Waals surface area (Å²) in [6.07, 6.45) is 2.21. The summed E-state index contributed by atoms with van der Waals surface area (Å²) >= 11 is 1.13. The molecule has 0 aliphatic carbocycles. The lowest BCUT2D eigenvalue weighted by molar-refractivity contribution is -0.116. The number of benzene rings is 1. The minimum Gasteiger partial charge on any atom is -0.301 e. The van der Waals surface area contributed by atoms with Crippen molar-refractivity contribution in [1.29, 1.82) is 0 Å². The molecule has 0 radical (unpaired) electrons. The smallest absolute Gasteiger partial charge is 0.252 e. The maximum absolute atomic E-state index is 13.9. The number of amides is 1. The molecule has 1 aromatic carbocycles. The van der Waals surface area contributed by atoms with Crippen LogP contribution in [0, 0.1) is 19.7 Å². The molecular formula is C18H16FN7OS. The number of nitrogens with one attached hydrogen (secondary N) is 1. The number of aryl methyl sites for hydroxylation is 2. The molecule has 3 aromatic heterocycles. The van der Waals surface area contributed by atoms with E-state index in [0.29, 0.717) is 27.9 Å². The van der Waals surface area contributed by atoms with Crippen LogP contribution in [0.4, 0.5) is 9.52 Å². The first kappa shape index (κ1) is 18.1. The van der Waals surface area contributed by atoms with Crippen LogP contribution < -0.4 is 5.32 Å². The van der Waals surface area contributed by atoms with E-state index in [1.54, 1.807) is 22.7 Å². The average Bonchev–Trinajstić information content (AvgIpc) is 3.31. The maximum Gasteiger partial charge on any atom is 0.252 e. The molecule has 0 bridgehead atoms. The minimum absolute atomic E-state index is 0.200. The lowest BCUT2D eigenvalue weighted by Gasteiger charge is -2.09. The van der Waals surface area contributed by atoms with Crippen LogP contribution in [0.3, 0.4) is 0 Å². The lowest BCUT2D eigenvalue weighted by Crippen LogP contribution is -2.14. The second kappa shape index (κ2) is 7.39. The summed E-state index contributed by atoms with van der Waals surface area (Å²) < 4.78 is 15.5. The molecule has 1 N–H and O–H groups in total. The van der Waals surface area contributed by atoms with Gasteiger partial charge < -0.3 is 5.32 Å². The van der Waals surface area contributed by atoms with Crippen molar-refractivity contribution in [3.63, 3.8) is 0 Å². The van der Waals surface area contributed by atoms with Crippen molar-refractivity contribution in [3.05, 3.63) is 53.4 Å². The maximum atomic E-state index is 13.9. The van der Waals surface area contributed by atoms with Gasteiger partial charge in [-0.1, -0.05) is 23.5 Å². The molecule has 0 saturated carbocycles. The molecule has 10 heteroatoms. The van der Waals surface area contributed by atoms with Gasteiger partial charge in [0.05, 0.1) is 0 Å². The first-order chi connectivity index (χ1) is 13.5. The van der Waals surface area contributed by atoms with Crippen LogP contribution in [-0.4, -0.2) is 35.7 Å². The van der Waals surface area contributed by atoms with Gasteiger partial charge in [0.25, 0.3) is 5.78 Å². The second-order valence-corrected chi connectivity index (χ2v) is 7.15. The van der Waals surface area contributed by atoms with Gasteiger partial charge in [-0.15, -0.1) is 10.2 Å². The number of hydrogen-bond acceptors (Lipinski definition) is 7. The molecule has 0 aliphatic rings. The molecule has 0 fully saturated rings. The van der Waals surface area contributed by atoms with Gasteiger partial charge in [0.1, 0.15) is 12.1 Å². The number of hydrogen-bond donors (Lipinski definition) is 1. The van der Waals surface area contributed by atoms with Crippen LogP contribution in [0.2, 0.25) is 0 Å². The normalized spacial score (nSPS) is 11.1. The Bertz CT molecular complexity index is 1170. The fourth-order valence-electron chi connectivity index (χ4n) is 2.95. The van der Waals surface area contributed by atoms with Gasteiger partial charge in [-0.25, -0.2) is 13.9 Å². The SMILES string of the molecule is Cc1nc2ncnn2c(C)c1CCC(=O)Nc1nnc(-c2ccccc2F)s1. The Morgan fingerprint density at radius 3 is 2.89 bits per heavy atom. The van der Waals surface area contributed by atoms with Crippen LogP contribution in [0.25, 0.3) is 16.3 Å². The number of aromatic nitrogens is 6. The van der Waals surface area contributed by atoms with Gasteiger partial charge in [0, 0.05) is 23.4 Å². The van der Waals surface area contributed by atoms with Crippen molar-refractivity contribution < 1.29 is 9.18 Å². The highest BCUT2D eigenvalue weighted by Gasteiger charge is 2.15. The van der Waals surface area contributed by atoms with Crippen LogP contribution in [0.15, 0.2) is 30.6 Å². The third kappa shape index (κ3) is 3.46. The quantitative estimate of drug-likeness (QED) is 0.556. The third-order valence-corrected chi connectivity index (χ3v) is 5.24. The van der Waals surface area contributed by atoms with Crippen molar-refractivity contribution in [1.82, 2.24) is 29.8 Å². The van der Waals surface area contributed by atoms with Crippen LogP contribution in [0.1, 0.15) is 23.4 Å². The van der Waals surface area contributed by atoms with E-state index in [4.69, 9.17) is 0 Å². The van der Waals surface area contributed by atoms with E-state index in [1.807, 2.05) is 13.8 Å². The number of nitrogens with zero attached hydrogens (tertiary/aromatic N) is 6. The fraction of sp³-hybridized carbons (Fsp3) is 0.222. The Morgan fingerprint density at radius 1 is 1.25 bits per heavy atom. The molecule has 0 saturated heterocycles. The molecule has 28 heavy (non-hydrogen) atoms. The molecule has 0 atom stereocenters. The van der Waals surface area contributed by atoms with E-state index < -0.39 is 0 Å². The monoisotopic (exact) mass is 397 g/mol. The Labute approximate surface area is 163 Å². The summed E-state index contributed by atoms with van der Waals surface area (Å²) in [7, 11) is 0. The zero-order valence-electron chi connectivity index (χ0n) is 15.2. The molecule has 0 unspecified atom stereocenters. The fourth-order valence-corrected chi connectivity index (χ4v) is 3.74. The average molecular weight is 397 g/mol. The summed E-state index contributed by atoms with van der Waals surface area (Å²) in [4.78, 5) is 20.8. The predicted octanol–water partition coefficient (Wildman–Crippen LogP) is 2.97. The van der Waals surface area contributed by atoms with Crippen molar-refractivity contribution in [2.45, 2.75) is 26.7 Å². The van der Waals surface area contributed by atoms with Crippen molar-refractivity contribution in [2.75, 3.05) is 5.32 Å². The van der Waals surface area contributed by atoms with Gasteiger partial charge in [0.15, 0.2) is 5.01 Å². The first-order valence-corrected chi connectivity index (χ1v) is 9.38. The molecule has 0 spiro atoms. The van der Waals surface area contributed by atoms with Crippen LogP contribution in [-0.2, 0) is 11.2 Å². The highest BCUT2D eigenvalue weighted by molar-refractivity contribution is 7.18. The molecule has 4 aromatic rings. The van der Waals surface area contributed by atoms with Crippen molar-refractivity contribution in [3.8, 4) is 10.6 Å². The predicted molar refractivity (Wildman–Crippen MR) is 103 cm³/mol. The second-order valence-electron chi connectivity index (χ2n) is 6.17. The number of halogens is 1. The molecule has 8 nitrogen and oxygen atoms in total. The Balaban J connectivity index is 1.44. The van der Waals surface area contributed by atoms with Gasteiger partial charge in [0.2, 0.25) is 11.0 Å². The van der Waals surface area contributed by atoms with Crippen molar-refractivity contribution in [2.24, 2.45) is 0 Å². The zero-order valence-corrected chi connectivity index (χ0v) is 16.0. The number of anilines is 1. The highest BCUT2D eigenvalue weighted by Crippen LogP contribution is 2.28. The standard InChI is InChI=1S/C18H16FN7OS/c1-10-12(11(2)26-17(22-10)20-9-21-26)7-8-15(27)23-18-25-24-16(28-18)13-5-3-4-6-14(13)19/h3-6,9H,7-8H2,1-2H3,(H,23,25,27). The lowest BCUT2D eigenvalue weighted by atomic mass is 10.1. The number of carbonyl (C=O) groups excluding carboxylic acids is 1. The van der Waals surface area contributed by atoms with Gasteiger partial charge in [-0.2, -0.15) is 10.1 Å². The number of fused-ring (bicyclic) bond motifs is 1. The molecule has 4 rings (SSSR count). The number of rotatable bonds is 5. The van der Waals surface area contributed by atoms with Crippen molar-refractivity contribution >= 4 is 28.2 Å². The third-order valence-electron chi connectivity index (χ3n) is 4.37. The molecule has 0 aliphatic heterocycles. The van der Waals surface area contributed by atoms with Gasteiger partial charge in [-0.3, -0.25) is 4.79 Å². The van der Waals surface area contributed by atoms with Gasteiger partial charge in [-0.05, 0) is 38.0 Å². The van der Waals surface area contributed by atoms with E-state index in [2.05, 4.69) is 30.6 Å². The summed E-state index contributed by atoms with van der Waals surface area (Å²) in [5.74, 6) is -0.0371. The Kier molecular flexibility index (Phi) is 4.78. The molecular weight excluding hydrogens is 381 g/mol. The summed E-state index contributed by atoms with van der Waals surface area (Å²) in [6, 6.07) is 6.32.